The molecule has 3 aromatic carbocycles. The maximum atomic E-state index is 13.7. The normalized spacial score (nSPS) is 28.3. The van der Waals surface area contributed by atoms with Crippen LogP contribution in [-0.4, -0.2) is 19.0 Å². The summed E-state index contributed by atoms with van der Waals surface area (Å²) in [5.74, 6) is -1.94. The summed E-state index contributed by atoms with van der Waals surface area (Å²) in [6.45, 7) is 0. The van der Waals surface area contributed by atoms with E-state index in [1.165, 1.54) is 7.11 Å². The fourth-order valence-corrected chi connectivity index (χ4v) is 6.07. The van der Waals surface area contributed by atoms with Crippen LogP contribution in [0.4, 0.5) is 0 Å². The minimum atomic E-state index is -1.67. The molecule has 0 bridgehead atoms. The van der Waals surface area contributed by atoms with E-state index in [0.29, 0.717) is 5.56 Å². The first-order chi connectivity index (χ1) is 16.0. The molecule has 5 nitrogen and oxygen atoms in total. The van der Waals surface area contributed by atoms with Gasteiger partial charge in [-0.3, -0.25) is 9.59 Å². The van der Waals surface area contributed by atoms with E-state index in [1.807, 2.05) is 78.9 Å². The van der Waals surface area contributed by atoms with E-state index in [-0.39, 0.29) is 0 Å². The number of fused-ring (bicyclic) bond motifs is 1. The number of ether oxygens (including phenoxy) is 3. The number of benzene rings is 3. The molecule has 3 aromatic rings. The Balaban J connectivity index is 1.78. The van der Waals surface area contributed by atoms with Crippen LogP contribution in [0.1, 0.15) is 35.0 Å². The van der Waals surface area contributed by atoms with Gasteiger partial charge in [0.2, 0.25) is 5.41 Å². The molecule has 0 spiro atoms. The molecule has 0 unspecified atom stereocenters. The number of methoxy groups -OCH3 is 1. The molecule has 2 aliphatic heterocycles. The molecule has 33 heavy (non-hydrogen) atoms. The van der Waals surface area contributed by atoms with Crippen molar-refractivity contribution in [2.24, 2.45) is 11.3 Å². The molecule has 0 aromatic heterocycles. The van der Waals surface area contributed by atoms with Crippen molar-refractivity contribution in [1.29, 1.82) is 0 Å². The number of esters is 2. The summed E-state index contributed by atoms with van der Waals surface area (Å²) in [5.41, 5.74) is 0.659. The number of rotatable bonds is 4. The lowest BCUT2D eigenvalue weighted by atomic mass is 9.67. The molecule has 0 aliphatic carbocycles. The Morgan fingerprint density at radius 3 is 2.03 bits per heavy atom. The molecule has 0 amide bonds. The SMILES string of the molecule is COC(=O)[C@]12C(=O)O[C@H](c3ccccc3)[C@H]1[C@@H](c1ccccc1Br)O[C@H]2c1ccccc1Br. The number of carbonyl (C=O) groups excluding carboxylic acids is 2. The zero-order valence-electron chi connectivity index (χ0n) is 17.6. The van der Waals surface area contributed by atoms with Crippen LogP contribution < -0.4 is 0 Å². The predicted molar refractivity (Wildman–Crippen MR) is 128 cm³/mol. The molecule has 5 rings (SSSR count). The second kappa shape index (κ2) is 8.70. The van der Waals surface area contributed by atoms with Crippen LogP contribution in [0, 0.1) is 11.3 Å². The summed E-state index contributed by atoms with van der Waals surface area (Å²) in [4.78, 5) is 27.2. The summed E-state index contributed by atoms with van der Waals surface area (Å²) >= 11 is 7.20. The van der Waals surface area contributed by atoms with E-state index in [9.17, 15) is 9.59 Å². The lowest BCUT2D eigenvalue weighted by molar-refractivity contribution is -0.170. The Kier molecular flexibility index (Phi) is 5.89. The Morgan fingerprint density at radius 2 is 1.42 bits per heavy atom. The minimum absolute atomic E-state index is 0.603. The highest BCUT2D eigenvalue weighted by Crippen LogP contribution is 2.67. The molecule has 2 heterocycles. The zero-order valence-corrected chi connectivity index (χ0v) is 20.8. The van der Waals surface area contributed by atoms with Gasteiger partial charge in [-0.2, -0.15) is 0 Å². The van der Waals surface area contributed by atoms with Gasteiger partial charge in [0.25, 0.3) is 0 Å². The number of cyclic esters (lactones) is 1. The molecule has 168 valence electrons. The van der Waals surface area contributed by atoms with Gasteiger partial charge < -0.3 is 14.2 Å². The van der Waals surface area contributed by atoms with Crippen LogP contribution in [0.25, 0.3) is 0 Å². The summed E-state index contributed by atoms with van der Waals surface area (Å²) in [5, 5.41) is 0. The van der Waals surface area contributed by atoms with Crippen molar-refractivity contribution in [3.8, 4) is 0 Å². The fourth-order valence-electron chi connectivity index (χ4n) is 5.07. The Morgan fingerprint density at radius 1 is 0.848 bits per heavy atom. The molecular formula is C26H20Br2O5. The number of halogens is 2. The van der Waals surface area contributed by atoms with Crippen molar-refractivity contribution in [3.05, 3.63) is 104 Å². The van der Waals surface area contributed by atoms with Crippen LogP contribution in [0.5, 0.6) is 0 Å². The Labute approximate surface area is 208 Å². The maximum absolute atomic E-state index is 13.7. The first kappa shape index (κ1) is 22.3. The molecule has 5 atom stereocenters. The highest BCUT2D eigenvalue weighted by atomic mass is 79.9. The molecule has 2 saturated heterocycles. The highest BCUT2D eigenvalue weighted by molar-refractivity contribution is 9.10. The number of hydrogen-bond donors (Lipinski definition) is 0. The molecule has 0 radical (unpaired) electrons. The fraction of sp³-hybridized carbons (Fsp3) is 0.231. The smallest absolute Gasteiger partial charge is 0.327 e. The summed E-state index contributed by atoms with van der Waals surface area (Å²) in [6.07, 6.45) is -2.18. The molecule has 2 aliphatic rings. The van der Waals surface area contributed by atoms with Gasteiger partial charge in [-0.15, -0.1) is 0 Å². The standard InChI is InChI=1S/C26H20Br2O5/c1-31-24(29)26-20(21(33-25(26)30)15-9-3-2-4-10-15)22(16-11-5-7-13-18(16)27)32-23(26)17-12-6-8-14-19(17)28/h2-14,20-23H,1H3/t20-,21+,22+,23-,26-/m0/s1. The molecule has 2 fully saturated rings. The van der Waals surface area contributed by atoms with E-state index in [1.54, 1.807) is 0 Å². The van der Waals surface area contributed by atoms with Crippen LogP contribution >= 0.6 is 31.9 Å². The monoisotopic (exact) mass is 570 g/mol. The lowest BCUT2D eigenvalue weighted by Crippen LogP contribution is -2.44. The van der Waals surface area contributed by atoms with Crippen molar-refractivity contribution in [2.75, 3.05) is 7.11 Å². The van der Waals surface area contributed by atoms with Crippen LogP contribution in [0.15, 0.2) is 87.8 Å². The van der Waals surface area contributed by atoms with Crippen molar-refractivity contribution >= 4 is 43.8 Å². The Hall–Kier alpha value is -2.48. The van der Waals surface area contributed by atoms with Crippen LogP contribution in [0.2, 0.25) is 0 Å². The first-order valence-corrected chi connectivity index (χ1v) is 12.1. The summed E-state index contributed by atoms with van der Waals surface area (Å²) in [7, 11) is 1.29. The quantitative estimate of drug-likeness (QED) is 0.280. The summed E-state index contributed by atoms with van der Waals surface area (Å²) in [6, 6.07) is 24.6. The average Bonchev–Trinajstić information content (AvgIpc) is 3.34. The maximum Gasteiger partial charge on any atom is 0.327 e. The van der Waals surface area contributed by atoms with Gasteiger partial charge in [-0.1, -0.05) is 98.6 Å². The van der Waals surface area contributed by atoms with Gasteiger partial charge in [-0.25, -0.2) is 0 Å². The molecule has 0 N–H and O–H groups in total. The van der Waals surface area contributed by atoms with E-state index in [0.717, 1.165) is 20.1 Å². The third-order valence-electron chi connectivity index (χ3n) is 6.50. The third-order valence-corrected chi connectivity index (χ3v) is 7.94. The molecule has 7 heteroatoms. The Bertz CT molecular complexity index is 1210. The topological polar surface area (TPSA) is 61.8 Å². The first-order valence-electron chi connectivity index (χ1n) is 10.5. The second-order valence-corrected chi connectivity index (χ2v) is 9.81. The van der Waals surface area contributed by atoms with Gasteiger partial charge in [0, 0.05) is 8.95 Å². The van der Waals surface area contributed by atoms with Gasteiger partial charge in [0.15, 0.2) is 0 Å². The van der Waals surface area contributed by atoms with E-state index in [2.05, 4.69) is 31.9 Å². The largest absolute Gasteiger partial charge is 0.468 e. The lowest BCUT2D eigenvalue weighted by Gasteiger charge is -2.28. The van der Waals surface area contributed by atoms with Gasteiger partial charge in [0.05, 0.1) is 19.1 Å². The van der Waals surface area contributed by atoms with Crippen LogP contribution in [-0.2, 0) is 23.8 Å². The van der Waals surface area contributed by atoms with Crippen LogP contribution in [0.3, 0.4) is 0 Å². The average molecular weight is 572 g/mol. The van der Waals surface area contributed by atoms with Crippen molar-refractivity contribution in [3.63, 3.8) is 0 Å². The van der Waals surface area contributed by atoms with E-state index in [4.69, 9.17) is 14.2 Å². The zero-order chi connectivity index (χ0) is 23.2. The van der Waals surface area contributed by atoms with Gasteiger partial charge in [-0.05, 0) is 28.8 Å². The number of hydrogen-bond acceptors (Lipinski definition) is 5. The van der Waals surface area contributed by atoms with Crippen molar-refractivity contribution in [2.45, 2.75) is 18.3 Å². The van der Waals surface area contributed by atoms with E-state index >= 15 is 0 Å². The molecular weight excluding hydrogens is 552 g/mol. The van der Waals surface area contributed by atoms with Gasteiger partial charge >= 0.3 is 11.9 Å². The third kappa shape index (κ3) is 3.36. The number of carbonyl (C=O) groups is 2. The van der Waals surface area contributed by atoms with Crippen molar-refractivity contribution < 1.29 is 23.8 Å². The van der Waals surface area contributed by atoms with Crippen molar-refractivity contribution in [1.82, 2.24) is 0 Å². The minimum Gasteiger partial charge on any atom is -0.468 e. The van der Waals surface area contributed by atoms with Gasteiger partial charge in [0.1, 0.15) is 12.2 Å². The predicted octanol–water partition coefficient (Wildman–Crippen LogP) is 6.10. The van der Waals surface area contributed by atoms with E-state index < -0.39 is 41.6 Å². The molecule has 0 saturated carbocycles. The second-order valence-electron chi connectivity index (χ2n) is 8.10. The highest BCUT2D eigenvalue weighted by Gasteiger charge is 2.75. The summed E-state index contributed by atoms with van der Waals surface area (Å²) < 4.78 is 19.4.